The molecule has 1 aromatic carbocycles. The largest absolute Gasteiger partial charge is 0.338 e. The Balaban J connectivity index is 1.60. The van der Waals surface area contributed by atoms with E-state index in [-0.39, 0.29) is 11.7 Å². The number of benzene rings is 1. The Morgan fingerprint density at radius 2 is 2.08 bits per heavy atom. The molecule has 1 atom stereocenters. The Bertz CT molecular complexity index is 752. The molecule has 1 fully saturated rings. The van der Waals surface area contributed by atoms with Gasteiger partial charge in [-0.1, -0.05) is 17.7 Å². The summed E-state index contributed by atoms with van der Waals surface area (Å²) in [5.74, 6) is -0.257. The standard InChI is InChI=1S/C18H23ClFN5O/c1-21-17(13-10-22-23(2)11-13)18(26)25-8-6-24(7-9-25)12-14-15(19)4-3-5-16(14)20/h3-5,10-11,17,21H,6-9,12H2,1-2H3. The van der Waals surface area contributed by atoms with Crippen molar-refractivity contribution >= 4 is 17.5 Å². The maximum absolute atomic E-state index is 14.0. The highest BCUT2D eigenvalue weighted by Crippen LogP contribution is 2.22. The van der Waals surface area contributed by atoms with E-state index < -0.39 is 6.04 Å². The fourth-order valence-electron chi connectivity index (χ4n) is 3.24. The lowest BCUT2D eigenvalue weighted by molar-refractivity contribution is -0.135. The molecule has 26 heavy (non-hydrogen) atoms. The molecule has 1 aromatic heterocycles. The van der Waals surface area contributed by atoms with Gasteiger partial charge in [0.05, 0.1) is 6.20 Å². The normalized spacial score (nSPS) is 16.7. The van der Waals surface area contributed by atoms with Gasteiger partial charge in [0.1, 0.15) is 11.9 Å². The van der Waals surface area contributed by atoms with Gasteiger partial charge in [-0.3, -0.25) is 14.4 Å². The van der Waals surface area contributed by atoms with Gasteiger partial charge >= 0.3 is 0 Å². The number of hydrogen-bond acceptors (Lipinski definition) is 4. The predicted octanol–water partition coefficient (Wildman–Crippen LogP) is 1.82. The molecule has 1 saturated heterocycles. The minimum atomic E-state index is -0.406. The molecule has 3 rings (SSSR count). The van der Waals surface area contributed by atoms with E-state index in [4.69, 9.17) is 11.6 Å². The second-order valence-electron chi connectivity index (χ2n) is 6.47. The molecule has 0 aliphatic carbocycles. The average molecular weight is 380 g/mol. The summed E-state index contributed by atoms with van der Waals surface area (Å²) in [7, 11) is 3.60. The van der Waals surface area contributed by atoms with Crippen molar-refractivity contribution in [1.82, 2.24) is 24.9 Å². The van der Waals surface area contributed by atoms with E-state index in [1.54, 1.807) is 30.1 Å². The zero-order valence-electron chi connectivity index (χ0n) is 15.0. The Hall–Kier alpha value is -1.96. The van der Waals surface area contributed by atoms with Crippen LogP contribution in [0.3, 0.4) is 0 Å². The van der Waals surface area contributed by atoms with Gasteiger partial charge in [0, 0.05) is 62.1 Å². The fourth-order valence-corrected chi connectivity index (χ4v) is 3.46. The number of aryl methyl sites for hydroxylation is 1. The molecule has 0 radical (unpaired) electrons. The van der Waals surface area contributed by atoms with Gasteiger partial charge in [0.2, 0.25) is 5.91 Å². The number of carbonyl (C=O) groups excluding carboxylic acids is 1. The van der Waals surface area contributed by atoms with E-state index in [2.05, 4.69) is 15.3 Å². The molecule has 140 valence electrons. The molecule has 0 bridgehead atoms. The van der Waals surface area contributed by atoms with Crippen LogP contribution in [0.25, 0.3) is 0 Å². The van der Waals surface area contributed by atoms with Crippen LogP contribution < -0.4 is 5.32 Å². The lowest BCUT2D eigenvalue weighted by Crippen LogP contribution is -2.51. The first kappa shape index (κ1) is 18.8. The zero-order chi connectivity index (χ0) is 18.7. The van der Waals surface area contributed by atoms with Gasteiger partial charge in [0.25, 0.3) is 0 Å². The summed E-state index contributed by atoms with van der Waals surface area (Å²) in [6, 6.07) is 4.32. The maximum Gasteiger partial charge on any atom is 0.244 e. The van der Waals surface area contributed by atoms with Crippen molar-refractivity contribution in [1.29, 1.82) is 0 Å². The molecule has 1 N–H and O–H groups in total. The van der Waals surface area contributed by atoms with Gasteiger partial charge in [-0.25, -0.2) is 4.39 Å². The number of amides is 1. The number of aromatic nitrogens is 2. The lowest BCUT2D eigenvalue weighted by Gasteiger charge is -2.36. The molecule has 6 nitrogen and oxygen atoms in total. The predicted molar refractivity (Wildman–Crippen MR) is 98.3 cm³/mol. The van der Waals surface area contributed by atoms with Crippen LogP contribution in [0.4, 0.5) is 4.39 Å². The first-order valence-corrected chi connectivity index (χ1v) is 8.97. The van der Waals surface area contributed by atoms with Crippen LogP contribution in [0.15, 0.2) is 30.6 Å². The van der Waals surface area contributed by atoms with Gasteiger partial charge < -0.3 is 10.2 Å². The maximum atomic E-state index is 14.0. The Labute approximate surface area is 157 Å². The average Bonchev–Trinajstić information content (AvgIpc) is 3.05. The number of nitrogens with zero attached hydrogens (tertiary/aromatic N) is 4. The van der Waals surface area contributed by atoms with Crippen LogP contribution >= 0.6 is 11.6 Å². The molecule has 1 amide bonds. The van der Waals surface area contributed by atoms with Crippen molar-refractivity contribution in [2.45, 2.75) is 12.6 Å². The molecular weight excluding hydrogens is 357 g/mol. The smallest absolute Gasteiger partial charge is 0.244 e. The molecule has 1 unspecified atom stereocenters. The van der Waals surface area contributed by atoms with E-state index >= 15 is 0 Å². The monoisotopic (exact) mass is 379 g/mol. The van der Waals surface area contributed by atoms with E-state index in [0.29, 0.717) is 43.3 Å². The van der Waals surface area contributed by atoms with E-state index in [9.17, 15) is 9.18 Å². The second kappa shape index (κ2) is 8.16. The fraction of sp³-hybridized carbons (Fsp3) is 0.444. The van der Waals surface area contributed by atoms with Crippen LogP contribution in [-0.4, -0.2) is 58.7 Å². The topological polar surface area (TPSA) is 53.4 Å². The van der Waals surface area contributed by atoms with Crippen LogP contribution in [-0.2, 0) is 18.4 Å². The Morgan fingerprint density at radius 1 is 1.35 bits per heavy atom. The van der Waals surface area contributed by atoms with E-state index in [1.807, 2.05) is 18.1 Å². The highest BCUT2D eigenvalue weighted by atomic mass is 35.5. The first-order chi connectivity index (χ1) is 12.5. The summed E-state index contributed by atoms with van der Waals surface area (Å²) >= 11 is 6.11. The number of likely N-dealkylation sites (N-methyl/N-ethyl adjacent to an activating group) is 1. The Kier molecular flexibility index (Phi) is 5.90. The van der Waals surface area contributed by atoms with Crippen molar-refractivity contribution in [3.05, 3.63) is 52.6 Å². The zero-order valence-corrected chi connectivity index (χ0v) is 15.7. The molecule has 1 aliphatic heterocycles. The minimum Gasteiger partial charge on any atom is -0.338 e. The number of piperazine rings is 1. The summed E-state index contributed by atoms with van der Waals surface area (Å²) in [6.45, 7) is 3.01. The molecule has 8 heteroatoms. The van der Waals surface area contributed by atoms with E-state index in [0.717, 1.165) is 5.56 Å². The van der Waals surface area contributed by atoms with Crippen molar-refractivity contribution in [2.75, 3.05) is 33.2 Å². The SMILES string of the molecule is CNC(C(=O)N1CCN(Cc2c(F)cccc2Cl)CC1)c1cnn(C)c1. The third-order valence-electron chi connectivity index (χ3n) is 4.72. The minimum absolute atomic E-state index is 0.0316. The molecular formula is C18H23ClFN5O. The van der Waals surface area contributed by atoms with Crippen molar-refractivity contribution in [2.24, 2.45) is 7.05 Å². The van der Waals surface area contributed by atoms with Gasteiger partial charge in [-0.05, 0) is 19.2 Å². The number of hydrogen-bond donors (Lipinski definition) is 1. The highest BCUT2D eigenvalue weighted by Gasteiger charge is 2.28. The third kappa shape index (κ3) is 4.06. The van der Waals surface area contributed by atoms with Gasteiger partial charge in [0.15, 0.2) is 0 Å². The third-order valence-corrected chi connectivity index (χ3v) is 5.08. The summed E-state index contributed by atoms with van der Waals surface area (Å²) in [5, 5.41) is 7.65. The van der Waals surface area contributed by atoms with Crippen molar-refractivity contribution in [3.8, 4) is 0 Å². The van der Waals surface area contributed by atoms with Crippen LogP contribution in [0.2, 0.25) is 5.02 Å². The van der Waals surface area contributed by atoms with Crippen LogP contribution in [0.5, 0.6) is 0 Å². The molecule has 2 heterocycles. The summed E-state index contributed by atoms with van der Waals surface area (Å²) < 4.78 is 15.6. The summed E-state index contributed by atoms with van der Waals surface area (Å²) in [6.07, 6.45) is 3.55. The Morgan fingerprint density at radius 3 is 2.65 bits per heavy atom. The second-order valence-corrected chi connectivity index (χ2v) is 6.88. The van der Waals surface area contributed by atoms with Crippen LogP contribution in [0.1, 0.15) is 17.2 Å². The molecule has 1 aliphatic rings. The van der Waals surface area contributed by atoms with E-state index in [1.165, 1.54) is 6.07 Å². The number of carbonyl (C=O) groups is 1. The highest BCUT2D eigenvalue weighted by molar-refractivity contribution is 6.31. The number of rotatable bonds is 5. The van der Waals surface area contributed by atoms with Crippen molar-refractivity contribution in [3.63, 3.8) is 0 Å². The molecule has 0 saturated carbocycles. The summed E-state index contributed by atoms with van der Waals surface area (Å²) in [4.78, 5) is 16.8. The van der Waals surface area contributed by atoms with Gasteiger partial charge in [-0.2, -0.15) is 5.10 Å². The number of halogens is 2. The van der Waals surface area contributed by atoms with Crippen LogP contribution in [0, 0.1) is 5.82 Å². The van der Waals surface area contributed by atoms with Crippen molar-refractivity contribution < 1.29 is 9.18 Å². The summed E-state index contributed by atoms with van der Waals surface area (Å²) in [5.41, 5.74) is 1.36. The molecule has 0 spiro atoms. The lowest BCUT2D eigenvalue weighted by atomic mass is 10.1. The quantitative estimate of drug-likeness (QED) is 0.861. The number of nitrogens with one attached hydrogen (secondary N) is 1. The molecule has 2 aromatic rings. The van der Waals surface area contributed by atoms with Gasteiger partial charge in [-0.15, -0.1) is 0 Å². The first-order valence-electron chi connectivity index (χ1n) is 8.59.